The minimum Gasteiger partial charge on any atom is -0.486 e. The Morgan fingerprint density at radius 3 is 2.22 bits per heavy atom. The fourth-order valence-electron chi connectivity index (χ4n) is 1.89. The second-order valence-corrected chi connectivity index (χ2v) is 4.37. The van der Waals surface area contributed by atoms with Gasteiger partial charge in [0.25, 0.3) is 5.78 Å². The topological polar surface area (TPSA) is 72.8 Å². The van der Waals surface area contributed by atoms with Gasteiger partial charge in [-0.05, 0) is 23.6 Å². The van der Waals surface area contributed by atoms with Gasteiger partial charge in [-0.3, -0.25) is 4.79 Å². The first-order valence-corrected chi connectivity index (χ1v) is 5.72. The number of carboxylic acid groups (broad SMARTS) is 1. The monoisotopic (exact) mass is 250 g/mol. The highest BCUT2D eigenvalue weighted by atomic mass is 16.6. The Kier molecular flexibility index (Phi) is 3.23. The summed E-state index contributed by atoms with van der Waals surface area (Å²) < 4.78 is 10.8. The molecule has 1 aromatic rings. The van der Waals surface area contributed by atoms with Gasteiger partial charge in [-0.2, -0.15) is 0 Å². The summed E-state index contributed by atoms with van der Waals surface area (Å²) in [6, 6.07) is 3.15. The number of aliphatic carboxylic acids is 1. The third-order valence-corrected chi connectivity index (χ3v) is 2.78. The number of Topliss-reactive ketones (excluding diaryl/α,β-unsaturated/α-hetero) is 1. The highest BCUT2D eigenvalue weighted by Crippen LogP contribution is 2.36. The first-order valence-electron chi connectivity index (χ1n) is 5.72. The molecule has 0 spiro atoms. The summed E-state index contributed by atoms with van der Waals surface area (Å²) in [5.41, 5.74) is 0.827. The van der Waals surface area contributed by atoms with Crippen molar-refractivity contribution in [2.45, 2.75) is 19.8 Å². The first kappa shape index (κ1) is 12.4. The largest absolute Gasteiger partial charge is 0.486 e. The Labute approximate surface area is 104 Å². The normalized spacial score (nSPS) is 13.5. The smallest absolute Gasteiger partial charge is 0.377 e. The predicted octanol–water partition coefficient (Wildman–Crippen LogP) is 1.85. The summed E-state index contributed by atoms with van der Waals surface area (Å²) in [5.74, 6) is -1.37. The minimum absolute atomic E-state index is 0.0270. The van der Waals surface area contributed by atoms with Crippen LogP contribution in [-0.2, 0) is 4.79 Å². The second kappa shape index (κ2) is 4.68. The Bertz CT molecular complexity index is 504. The van der Waals surface area contributed by atoms with Crippen LogP contribution in [0.25, 0.3) is 0 Å². The Morgan fingerprint density at radius 1 is 1.17 bits per heavy atom. The van der Waals surface area contributed by atoms with Gasteiger partial charge in [-0.15, -0.1) is 0 Å². The summed E-state index contributed by atoms with van der Waals surface area (Å²) in [4.78, 5) is 22.5. The van der Waals surface area contributed by atoms with Gasteiger partial charge in [-0.1, -0.05) is 13.8 Å². The molecule has 1 aliphatic rings. The van der Waals surface area contributed by atoms with E-state index in [1.165, 1.54) is 6.07 Å². The molecule has 0 saturated heterocycles. The van der Waals surface area contributed by atoms with Crippen LogP contribution in [0.15, 0.2) is 12.1 Å². The van der Waals surface area contributed by atoms with E-state index in [1.807, 2.05) is 13.8 Å². The number of carboxylic acids is 1. The Morgan fingerprint density at radius 2 is 1.72 bits per heavy atom. The molecule has 5 nitrogen and oxygen atoms in total. The number of hydrogen-bond acceptors (Lipinski definition) is 4. The third kappa shape index (κ3) is 2.16. The van der Waals surface area contributed by atoms with Crippen molar-refractivity contribution in [1.29, 1.82) is 0 Å². The van der Waals surface area contributed by atoms with E-state index in [2.05, 4.69) is 0 Å². The summed E-state index contributed by atoms with van der Waals surface area (Å²) in [6.07, 6.45) is 0. The van der Waals surface area contributed by atoms with Crippen molar-refractivity contribution in [3.05, 3.63) is 23.3 Å². The van der Waals surface area contributed by atoms with E-state index < -0.39 is 11.8 Å². The van der Waals surface area contributed by atoms with Crippen LogP contribution < -0.4 is 9.47 Å². The van der Waals surface area contributed by atoms with E-state index in [1.54, 1.807) is 6.07 Å². The highest BCUT2D eigenvalue weighted by Gasteiger charge is 2.24. The number of ether oxygens (including phenoxy) is 2. The summed E-state index contributed by atoms with van der Waals surface area (Å²) in [5, 5.41) is 8.82. The molecule has 1 N–H and O–H groups in total. The summed E-state index contributed by atoms with van der Waals surface area (Å²) in [7, 11) is 0. The van der Waals surface area contributed by atoms with Gasteiger partial charge in [0.1, 0.15) is 13.2 Å². The van der Waals surface area contributed by atoms with Crippen LogP contribution in [0.4, 0.5) is 0 Å². The number of carbonyl (C=O) groups is 2. The van der Waals surface area contributed by atoms with E-state index in [9.17, 15) is 9.59 Å². The molecule has 0 saturated carbocycles. The fraction of sp³-hybridized carbons (Fsp3) is 0.385. The van der Waals surface area contributed by atoms with Crippen LogP contribution >= 0.6 is 0 Å². The average molecular weight is 250 g/mol. The lowest BCUT2D eigenvalue weighted by Gasteiger charge is -2.21. The van der Waals surface area contributed by atoms with Crippen molar-refractivity contribution in [1.82, 2.24) is 0 Å². The Balaban J connectivity index is 2.55. The number of benzene rings is 1. The number of ketones is 1. The number of hydrogen-bond donors (Lipinski definition) is 1. The van der Waals surface area contributed by atoms with Crippen LogP contribution in [-0.4, -0.2) is 30.1 Å². The molecule has 0 unspecified atom stereocenters. The molecule has 1 aliphatic heterocycles. The third-order valence-electron chi connectivity index (χ3n) is 2.78. The van der Waals surface area contributed by atoms with Gasteiger partial charge in [0.15, 0.2) is 11.5 Å². The molecule has 0 bridgehead atoms. The van der Waals surface area contributed by atoms with Crippen LogP contribution in [0, 0.1) is 0 Å². The number of rotatable bonds is 3. The van der Waals surface area contributed by atoms with Crippen LogP contribution in [0.2, 0.25) is 0 Å². The molecule has 2 rings (SSSR count). The molecule has 96 valence electrons. The van der Waals surface area contributed by atoms with Crippen molar-refractivity contribution in [2.75, 3.05) is 13.2 Å². The van der Waals surface area contributed by atoms with Crippen molar-refractivity contribution < 1.29 is 24.2 Å². The maximum Gasteiger partial charge on any atom is 0.377 e. The second-order valence-electron chi connectivity index (χ2n) is 4.37. The van der Waals surface area contributed by atoms with E-state index in [0.717, 1.165) is 0 Å². The average Bonchev–Trinajstić information content (AvgIpc) is 2.36. The van der Waals surface area contributed by atoms with Crippen molar-refractivity contribution in [3.63, 3.8) is 0 Å². The molecule has 0 radical (unpaired) electrons. The molecule has 1 aromatic carbocycles. The molecule has 0 aromatic heterocycles. The zero-order chi connectivity index (χ0) is 13.3. The molecule has 0 amide bonds. The summed E-state index contributed by atoms with van der Waals surface area (Å²) in [6.45, 7) is 4.64. The fourth-order valence-corrected chi connectivity index (χ4v) is 1.89. The van der Waals surface area contributed by atoms with Gasteiger partial charge in [0, 0.05) is 5.56 Å². The van der Waals surface area contributed by atoms with Gasteiger partial charge in [0.2, 0.25) is 0 Å². The molecule has 0 aliphatic carbocycles. The zero-order valence-electron chi connectivity index (χ0n) is 10.2. The molecule has 0 atom stereocenters. The zero-order valence-corrected chi connectivity index (χ0v) is 10.2. The minimum atomic E-state index is -1.46. The Hall–Kier alpha value is -2.04. The van der Waals surface area contributed by atoms with Crippen molar-refractivity contribution in [2.24, 2.45) is 0 Å². The maximum absolute atomic E-state index is 11.7. The number of fused-ring (bicyclic) bond motifs is 1. The molecule has 18 heavy (non-hydrogen) atoms. The van der Waals surface area contributed by atoms with Gasteiger partial charge >= 0.3 is 5.97 Å². The molecular weight excluding hydrogens is 236 g/mol. The lowest BCUT2D eigenvalue weighted by atomic mass is 9.94. The molecule has 0 fully saturated rings. The van der Waals surface area contributed by atoms with Crippen LogP contribution in [0.1, 0.15) is 35.7 Å². The van der Waals surface area contributed by atoms with E-state index in [-0.39, 0.29) is 11.5 Å². The van der Waals surface area contributed by atoms with Crippen molar-refractivity contribution in [3.8, 4) is 11.5 Å². The molecule has 1 heterocycles. The molecular formula is C13H14O5. The van der Waals surface area contributed by atoms with Gasteiger partial charge in [0.05, 0.1) is 0 Å². The predicted molar refractivity (Wildman–Crippen MR) is 63.5 cm³/mol. The lowest BCUT2D eigenvalue weighted by molar-refractivity contribution is -0.131. The van der Waals surface area contributed by atoms with E-state index in [0.29, 0.717) is 30.3 Å². The quantitative estimate of drug-likeness (QED) is 0.654. The molecule has 5 heteroatoms. The van der Waals surface area contributed by atoms with Crippen LogP contribution in [0.5, 0.6) is 11.5 Å². The van der Waals surface area contributed by atoms with E-state index in [4.69, 9.17) is 14.6 Å². The number of carbonyl (C=O) groups excluding carboxylic acids is 1. The van der Waals surface area contributed by atoms with Crippen molar-refractivity contribution >= 4 is 11.8 Å². The highest BCUT2D eigenvalue weighted by molar-refractivity contribution is 6.40. The standard InChI is InChI=1S/C13H14O5/c1-7(2)8-5-10-11(18-4-3-17-10)6-9(8)12(14)13(15)16/h5-7H,3-4H2,1-2H3,(H,15,16). The van der Waals surface area contributed by atoms with Crippen LogP contribution in [0.3, 0.4) is 0 Å². The lowest BCUT2D eigenvalue weighted by Crippen LogP contribution is -2.19. The van der Waals surface area contributed by atoms with Gasteiger partial charge in [-0.25, -0.2) is 4.79 Å². The summed E-state index contributed by atoms with van der Waals surface area (Å²) >= 11 is 0. The van der Waals surface area contributed by atoms with E-state index >= 15 is 0 Å². The first-order chi connectivity index (χ1) is 8.50. The maximum atomic E-state index is 11.7. The SMILES string of the molecule is CC(C)c1cc2c(cc1C(=O)C(=O)O)OCCO2. The van der Waals surface area contributed by atoms with Gasteiger partial charge < -0.3 is 14.6 Å².